The molecule has 1 aromatic heterocycles. The smallest absolute Gasteiger partial charge is 0.242 e. The zero-order chi connectivity index (χ0) is 12.2. The van der Waals surface area contributed by atoms with Crippen molar-refractivity contribution in [3.05, 3.63) is 22.9 Å². The van der Waals surface area contributed by atoms with Crippen molar-refractivity contribution in [3.63, 3.8) is 0 Å². The van der Waals surface area contributed by atoms with Gasteiger partial charge < -0.3 is 0 Å². The number of pyridine rings is 1. The van der Waals surface area contributed by atoms with Gasteiger partial charge in [0.25, 0.3) is 0 Å². The normalized spacial score (nSPS) is 13.7. The molecule has 1 N–H and O–H groups in total. The molecule has 90 valence electrons. The fourth-order valence-corrected chi connectivity index (χ4v) is 3.15. The van der Waals surface area contributed by atoms with Crippen molar-refractivity contribution in [2.24, 2.45) is 0 Å². The summed E-state index contributed by atoms with van der Waals surface area (Å²) in [5.74, 6) is 0. The van der Waals surface area contributed by atoms with Crippen LogP contribution in [0.1, 0.15) is 26.7 Å². The summed E-state index contributed by atoms with van der Waals surface area (Å²) in [4.78, 5) is 4.02. The highest BCUT2D eigenvalue weighted by atomic mass is 79.9. The van der Waals surface area contributed by atoms with E-state index in [4.69, 9.17) is 0 Å². The third-order valence-electron chi connectivity index (χ3n) is 2.07. The Kier molecular flexibility index (Phi) is 4.89. The Bertz CT molecular complexity index is 448. The lowest BCUT2D eigenvalue weighted by Gasteiger charge is -2.12. The summed E-state index contributed by atoms with van der Waals surface area (Å²) in [7, 11) is -3.45. The fraction of sp³-hybridized carbons (Fsp3) is 0.500. The SMILES string of the molecule is CCCC(C)NS(=O)(=O)c1cncc(Br)c1. The number of hydrogen-bond donors (Lipinski definition) is 1. The van der Waals surface area contributed by atoms with E-state index in [-0.39, 0.29) is 10.9 Å². The first-order chi connectivity index (χ1) is 7.45. The molecule has 0 amide bonds. The highest BCUT2D eigenvalue weighted by Gasteiger charge is 2.17. The highest BCUT2D eigenvalue weighted by molar-refractivity contribution is 9.10. The third kappa shape index (κ3) is 3.84. The summed E-state index contributed by atoms with van der Waals surface area (Å²) in [5.41, 5.74) is 0. The monoisotopic (exact) mass is 306 g/mol. The van der Waals surface area contributed by atoms with E-state index < -0.39 is 10.0 Å². The van der Waals surface area contributed by atoms with Gasteiger partial charge in [-0.2, -0.15) is 0 Å². The molecule has 0 saturated carbocycles. The van der Waals surface area contributed by atoms with Crippen LogP contribution < -0.4 is 4.72 Å². The quantitative estimate of drug-likeness (QED) is 0.908. The van der Waals surface area contributed by atoms with E-state index in [9.17, 15) is 8.42 Å². The van der Waals surface area contributed by atoms with Crippen molar-refractivity contribution in [2.45, 2.75) is 37.6 Å². The molecule has 0 aromatic carbocycles. The molecule has 1 unspecified atom stereocenters. The molecule has 1 heterocycles. The van der Waals surface area contributed by atoms with Crippen molar-refractivity contribution in [2.75, 3.05) is 0 Å². The van der Waals surface area contributed by atoms with Crippen LogP contribution >= 0.6 is 15.9 Å². The van der Waals surface area contributed by atoms with Gasteiger partial charge in [-0.05, 0) is 35.3 Å². The Labute approximate surface area is 105 Å². The largest absolute Gasteiger partial charge is 0.262 e. The van der Waals surface area contributed by atoms with Crippen LogP contribution in [0.4, 0.5) is 0 Å². The number of halogens is 1. The zero-order valence-electron chi connectivity index (χ0n) is 9.27. The number of sulfonamides is 1. The molecule has 4 nitrogen and oxygen atoms in total. The minimum Gasteiger partial charge on any atom is -0.262 e. The van der Waals surface area contributed by atoms with Crippen LogP contribution in [0.5, 0.6) is 0 Å². The van der Waals surface area contributed by atoms with Crippen LogP contribution in [0, 0.1) is 0 Å². The molecule has 0 aliphatic heterocycles. The van der Waals surface area contributed by atoms with Gasteiger partial charge in [0, 0.05) is 22.9 Å². The molecule has 0 radical (unpaired) electrons. The number of hydrogen-bond acceptors (Lipinski definition) is 3. The Morgan fingerprint density at radius 1 is 1.50 bits per heavy atom. The van der Waals surface area contributed by atoms with Gasteiger partial charge in [-0.15, -0.1) is 0 Å². The van der Waals surface area contributed by atoms with E-state index >= 15 is 0 Å². The fourth-order valence-electron chi connectivity index (χ4n) is 1.36. The van der Waals surface area contributed by atoms with Crippen LogP contribution in [-0.4, -0.2) is 19.4 Å². The van der Waals surface area contributed by atoms with Crippen LogP contribution in [0.15, 0.2) is 27.8 Å². The molecule has 1 rings (SSSR count). The summed E-state index contributed by atoms with van der Waals surface area (Å²) in [6.07, 6.45) is 4.65. The van der Waals surface area contributed by atoms with Gasteiger partial charge in [0.2, 0.25) is 10.0 Å². The van der Waals surface area contributed by atoms with Crippen molar-refractivity contribution < 1.29 is 8.42 Å². The number of aromatic nitrogens is 1. The predicted octanol–water partition coefficient (Wildman–Crippen LogP) is 2.31. The maximum absolute atomic E-state index is 11.9. The van der Waals surface area contributed by atoms with Crippen molar-refractivity contribution in [1.82, 2.24) is 9.71 Å². The number of rotatable bonds is 5. The molecule has 0 aliphatic rings. The van der Waals surface area contributed by atoms with E-state index in [1.165, 1.54) is 12.3 Å². The predicted molar refractivity (Wildman–Crippen MR) is 66.6 cm³/mol. The Morgan fingerprint density at radius 3 is 2.75 bits per heavy atom. The summed E-state index contributed by atoms with van der Waals surface area (Å²) < 4.78 is 27.1. The van der Waals surface area contributed by atoms with Gasteiger partial charge in [0.15, 0.2) is 0 Å². The van der Waals surface area contributed by atoms with E-state index in [0.717, 1.165) is 12.8 Å². The first kappa shape index (κ1) is 13.6. The third-order valence-corrected chi connectivity index (χ3v) is 4.06. The second kappa shape index (κ2) is 5.75. The van der Waals surface area contributed by atoms with E-state index in [1.807, 2.05) is 13.8 Å². The Balaban J connectivity index is 2.86. The van der Waals surface area contributed by atoms with E-state index in [1.54, 1.807) is 6.20 Å². The lowest BCUT2D eigenvalue weighted by Crippen LogP contribution is -2.32. The molecule has 0 fully saturated rings. The molecular weight excluding hydrogens is 292 g/mol. The number of nitrogens with zero attached hydrogens (tertiary/aromatic N) is 1. The van der Waals surface area contributed by atoms with Gasteiger partial charge in [-0.25, -0.2) is 13.1 Å². The van der Waals surface area contributed by atoms with Gasteiger partial charge in [-0.3, -0.25) is 4.98 Å². The average Bonchev–Trinajstić information content (AvgIpc) is 2.17. The topological polar surface area (TPSA) is 59.1 Å². The summed E-state index contributed by atoms with van der Waals surface area (Å²) in [5, 5.41) is 0. The van der Waals surface area contributed by atoms with Gasteiger partial charge in [0.05, 0.1) is 0 Å². The molecule has 16 heavy (non-hydrogen) atoms. The summed E-state index contributed by atoms with van der Waals surface area (Å²) in [6, 6.07) is 1.47. The lowest BCUT2D eigenvalue weighted by molar-refractivity contribution is 0.543. The van der Waals surface area contributed by atoms with Crippen molar-refractivity contribution in [1.29, 1.82) is 0 Å². The average molecular weight is 307 g/mol. The number of nitrogens with one attached hydrogen (secondary N) is 1. The summed E-state index contributed by atoms with van der Waals surface area (Å²) in [6.45, 7) is 3.87. The maximum atomic E-state index is 11.9. The molecule has 6 heteroatoms. The van der Waals surface area contributed by atoms with Gasteiger partial charge in [-0.1, -0.05) is 13.3 Å². The standard InChI is InChI=1S/C10H15BrN2O2S/c1-3-4-8(2)13-16(14,15)10-5-9(11)6-12-7-10/h5-8,13H,3-4H2,1-2H3. The minimum absolute atomic E-state index is 0.0611. The van der Waals surface area contributed by atoms with Crippen LogP contribution in [0.25, 0.3) is 0 Å². The van der Waals surface area contributed by atoms with Crippen molar-refractivity contribution >= 4 is 26.0 Å². The first-order valence-electron chi connectivity index (χ1n) is 5.08. The Hall–Kier alpha value is -0.460. The highest BCUT2D eigenvalue weighted by Crippen LogP contribution is 2.14. The first-order valence-corrected chi connectivity index (χ1v) is 7.36. The second-order valence-electron chi connectivity index (χ2n) is 3.65. The zero-order valence-corrected chi connectivity index (χ0v) is 11.7. The van der Waals surface area contributed by atoms with Gasteiger partial charge in [0.1, 0.15) is 4.90 Å². The molecular formula is C10H15BrN2O2S. The van der Waals surface area contributed by atoms with E-state index in [0.29, 0.717) is 4.47 Å². The molecule has 0 aliphatic carbocycles. The maximum Gasteiger partial charge on any atom is 0.242 e. The Morgan fingerprint density at radius 2 is 2.19 bits per heavy atom. The molecule has 1 atom stereocenters. The van der Waals surface area contributed by atoms with Crippen LogP contribution in [0.2, 0.25) is 0 Å². The lowest BCUT2D eigenvalue weighted by atomic mass is 10.2. The molecule has 1 aromatic rings. The molecule has 0 saturated heterocycles. The molecule has 0 spiro atoms. The van der Waals surface area contributed by atoms with Crippen LogP contribution in [-0.2, 0) is 10.0 Å². The minimum atomic E-state index is -3.45. The second-order valence-corrected chi connectivity index (χ2v) is 6.28. The van der Waals surface area contributed by atoms with Gasteiger partial charge >= 0.3 is 0 Å². The van der Waals surface area contributed by atoms with Crippen molar-refractivity contribution in [3.8, 4) is 0 Å². The van der Waals surface area contributed by atoms with E-state index in [2.05, 4.69) is 25.6 Å². The van der Waals surface area contributed by atoms with Crippen LogP contribution in [0.3, 0.4) is 0 Å². The molecule has 0 bridgehead atoms. The summed E-state index contributed by atoms with van der Waals surface area (Å²) >= 11 is 3.20.